The lowest BCUT2D eigenvalue weighted by molar-refractivity contribution is -0.156. The third-order valence-electron chi connectivity index (χ3n) is 4.29. The molecule has 1 aliphatic rings. The van der Waals surface area contributed by atoms with E-state index < -0.39 is 5.60 Å². The minimum atomic E-state index is -0.413. The molecule has 3 heteroatoms. The molecule has 1 aliphatic carbocycles. The fraction of sp³-hybridized carbons (Fsp3) is 0.409. The van der Waals surface area contributed by atoms with E-state index in [1.807, 2.05) is 39.0 Å². The lowest BCUT2D eigenvalue weighted by Crippen LogP contribution is -2.25. The Balaban J connectivity index is 1.47. The highest BCUT2D eigenvalue weighted by Crippen LogP contribution is 2.48. The first-order chi connectivity index (χ1) is 11.9. The van der Waals surface area contributed by atoms with E-state index in [1.165, 1.54) is 11.1 Å². The molecule has 2 aromatic rings. The van der Waals surface area contributed by atoms with Crippen molar-refractivity contribution < 1.29 is 14.3 Å². The highest BCUT2D eigenvalue weighted by Gasteiger charge is 2.46. The van der Waals surface area contributed by atoms with Crippen molar-refractivity contribution >= 4 is 5.97 Å². The Morgan fingerprint density at radius 2 is 1.56 bits per heavy atom. The SMILES string of the molecule is CC(C)(C)OC(=O)[C@@H]1C[C@H]1c1ccc(COCc2ccccc2)cc1. The first kappa shape index (κ1) is 17.7. The molecule has 1 saturated carbocycles. The fourth-order valence-corrected chi connectivity index (χ4v) is 2.92. The third kappa shape index (κ3) is 5.17. The van der Waals surface area contributed by atoms with E-state index in [1.54, 1.807) is 0 Å². The average molecular weight is 338 g/mol. The van der Waals surface area contributed by atoms with Crippen LogP contribution in [0, 0.1) is 5.92 Å². The second kappa shape index (κ2) is 7.40. The van der Waals surface area contributed by atoms with Gasteiger partial charge in [-0.3, -0.25) is 4.79 Å². The van der Waals surface area contributed by atoms with Gasteiger partial charge in [-0.25, -0.2) is 0 Å². The summed E-state index contributed by atoms with van der Waals surface area (Å²) in [5.74, 6) is 0.237. The number of rotatable bonds is 6. The van der Waals surface area contributed by atoms with Crippen LogP contribution in [0.25, 0.3) is 0 Å². The predicted molar refractivity (Wildman–Crippen MR) is 98.1 cm³/mol. The third-order valence-corrected chi connectivity index (χ3v) is 4.29. The maximum atomic E-state index is 12.1. The highest BCUT2D eigenvalue weighted by atomic mass is 16.6. The first-order valence-corrected chi connectivity index (χ1v) is 8.86. The van der Waals surface area contributed by atoms with E-state index in [-0.39, 0.29) is 11.9 Å². The van der Waals surface area contributed by atoms with E-state index in [4.69, 9.17) is 9.47 Å². The molecule has 25 heavy (non-hydrogen) atoms. The lowest BCUT2D eigenvalue weighted by atomic mass is 10.1. The molecule has 0 unspecified atom stereocenters. The molecule has 1 fully saturated rings. The van der Waals surface area contributed by atoms with Gasteiger partial charge < -0.3 is 9.47 Å². The van der Waals surface area contributed by atoms with E-state index in [0.29, 0.717) is 19.1 Å². The normalized spacial score (nSPS) is 19.5. The fourth-order valence-electron chi connectivity index (χ4n) is 2.92. The van der Waals surface area contributed by atoms with Crippen molar-refractivity contribution in [3.8, 4) is 0 Å². The monoisotopic (exact) mass is 338 g/mol. The first-order valence-electron chi connectivity index (χ1n) is 8.86. The van der Waals surface area contributed by atoms with Crippen LogP contribution in [0.1, 0.15) is 49.8 Å². The van der Waals surface area contributed by atoms with Crippen molar-refractivity contribution in [1.82, 2.24) is 0 Å². The van der Waals surface area contributed by atoms with E-state index >= 15 is 0 Å². The van der Waals surface area contributed by atoms with Gasteiger partial charge in [-0.15, -0.1) is 0 Å². The van der Waals surface area contributed by atoms with E-state index in [0.717, 1.165) is 12.0 Å². The summed E-state index contributed by atoms with van der Waals surface area (Å²) < 4.78 is 11.2. The maximum absolute atomic E-state index is 12.1. The number of carbonyl (C=O) groups is 1. The summed E-state index contributed by atoms with van der Waals surface area (Å²) in [6.45, 7) is 6.94. The van der Waals surface area contributed by atoms with Crippen LogP contribution in [0.2, 0.25) is 0 Å². The van der Waals surface area contributed by atoms with Gasteiger partial charge in [0.15, 0.2) is 0 Å². The summed E-state index contributed by atoms with van der Waals surface area (Å²) in [6, 6.07) is 18.6. The van der Waals surface area contributed by atoms with Crippen LogP contribution in [0.3, 0.4) is 0 Å². The summed E-state index contributed by atoms with van der Waals surface area (Å²) in [4.78, 5) is 12.1. The largest absolute Gasteiger partial charge is 0.460 e. The zero-order valence-corrected chi connectivity index (χ0v) is 15.2. The van der Waals surface area contributed by atoms with Gasteiger partial charge in [-0.05, 0) is 49.8 Å². The lowest BCUT2D eigenvalue weighted by Gasteiger charge is -2.19. The number of benzene rings is 2. The smallest absolute Gasteiger partial charge is 0.310 e. The van der Waals surface area contributed by atoms with Gasteiger partial charge in [0, 0.05) is 0 Å². The standard InChI is InChI=1S/C22H26O3/c1-22(2,3)25-21(23)20-13-19(20)18-11-9-17(10-12-18)15-24-14-16-7-5-4-6-8-16/h4-12,19-20H,13-15H2,1-3H3/t19-,20+/m0/s1. The summed E-state index contributed by atoms with van der Waals surface area (Å²) in [5.41, 5.74) is 3.12. The van der Waals surface area contributed by atoms with Crippen LogP contribution < -0.4 is 0 Å². The van der Waals surface area contributed by atoms with Gasteiger partial charge in [-0.2, -0.15) is 0 Å². The summed E-state index contributed by atoms with van der Waals surface area (Å²) >= 11 is 0. The number of ether oxygens (including phenoxy) is 2. The molecule has 0 aromatic heterocycles. The summed E-state index contributed by atoms with van der Waals surface area (Å²) in [5, 5.41) is 0. The number of hydrogen-bond acceptors (Lipinski definition) is 3. The van der Waals surface area contributed by atoms with Crippen LogP contribution in [0.4, 0.5) is 0 Å². The average Bonchev–Trinajstić information content (AvgIpc) is 3.36. The molecule has 0 spiro atoms. The van der Waals surface area contributed by atoms with E-state index in [2.05, 4.69) is 36.4 Å². The van der Waals surface area contributed by atoms with Crippen molar-refractivity contribution in [2.24, 2.45) is 5.92 Å². The molecule has 2 atom stereocenters. The van der Waals surface area contributed by atoms with Gasteiger partial charge in [0.25, 0.3) is 0 Å². The minimum Gasteiger partial charge on any atom is -0.460 e. The molecular formula is C22H26O3. The summed E-state index contributed by atoms with van der Waals surface area (Å²) in [7, 11) is 0. The zero-order chi connectivity index (χ0) is 17.9. The molecule has 132 valence electrons. The topological polar surface area (TPSA) is 35.5 Å². The molecule has 0 amide bonds. The molecule has 0 radical (unpaired) electrons. The van der Waals surface area contributed by atoms with Crippen molar-refractivity contribution in [3.63, 3.8) is 0 Å². The van der Waals surface area contributed by atoms with Gasteiger partial charge in [0.2, 0.25) is 0 Å². The van der Waals surface area contributed by atoms with Crippen LogP contribution in [0.15, 0.2) is 54.6 Å². The van der Waals surface area contributed by atoms with Crippen LogP contribution in [-0.2, 0) is 27.5 Å². The molecule has 2 aromatic carbocycles. The molecule has 0 bridgehead atoms. The molecular weight excluding hydrogens is 312 g/mol. The Morgan fingerprint density at radius 1 is 0.960 bits per heavy atom. The molecule has 0 saturated heterocycles. The number of esters is 1. The minimum absolute atomic E-state index is 0.0133. The van der Waals surface area contributed by atoms with Crippen molar-refractivity contribution in [3.05, 3.63) is 71.3 Å². The van der Waals surface area contributed by atoms with E-state index in [9.17, 15) is 4.79 Å². The van der Waals surface area contributed by atoms with Crippen LogP contribution in [-0.4, -0.2) is 11.6 Å². The Kier molecular flexibility index (Phi) is 5.24. The number of hydrogen-bond donors (Lipinski definition) is 0. The number of carbonyl (C=O) groups excluding carboxylic acids is 1. The van der Waals surface area contributed by atoms with Gasteiger partial charge >= 0.3 is 5.97 Å². The molecule has 0 aliphatic heterocycles. The Labute approximate surface area is 150 Å². The Morgan fingerprint density at radius 3 is 2.16 bits per heavy atom. The zero-order valence-electron chi connectivity index (χ0n) is 15.2. The van der Waals surface area contributed by atoms with Gasteiger partial charge in [0.1, 0.15) is 5.60 Å². The predicted octanol–water partition coefficient (Wildman–Crippen LogP) is 4.85. The van der Waals surface area contributed by atoms with Gasteiger partial charge in [-0.1, -0.05) is 54.6 Å². The van der Waals surface area contributed by atoms with Crippen molar-refractivity contribution in [2.45, 2.75) is 51.9 Å². The molecule has 0 heterocycles. The molecule has 0 N–H and O–H groups in total. The quantitative estimate of drug-likeness (QED) is 0.706. The Hall–Kier alpha value is -2.13. The van der Waals surface area contributed by atoms with Crippen molar-refractivity contribution in [1.29, 1.82) is 0 Å². The Bertz CT molecular complexity index is 698. The van der Waals surface area contributed by atoms with Gasteiger partial charge in [0.05, 0.1) is 19.1 Å². The molecule has 3 rings (SSSR count). The van der Waals surface area contributed by atoms with Crippen molar-refractivity contribution in [2.75, 3.05) is 0 Å². The van der Waals surface area contributed by atoms with Crippen LogP contribution in [0.5, 0.6) is 0 Å². The maximum Gasteiger partial charge on any atom is 0.310 e. The molecule has 3 nitrogen and oxygen atoms in total. The second-order valence-electron chi connectivity index (χ2n) is 7.70. The highest BCUT2D eigenvalue weighted by molar-refractivity contribution is 5.77. The van der Waals surface area contributed by atoms with Crippen LogP contribution >= 0.6 is 0 Å². The summed E-state index contributed by atoms with van der Waals surface area (Å²) in [6.07, 6.45) is 0.888. The second-order valence-corrected chi connectivity index (χ2v) is 7.70.